The number of nitrogens with one attached hydrogen (secondary N) is 3. The molecular weight excluding hydrogens is 327 g/mol. The zero-order valence-corrected chi connectivity index (χ0v) is 13.9. The Morgan fingerprint density at radius 3 is 2.60 bits per heavy atom. The summed E-state index contributed by atoms with van der Waals surface area (Å²) in [5.74, 6) is -0.836. The van der Waals surface area contributed by atoms with Crippen molar-refractivity contribution in [1.82, 2.24) is 10.3 Å². The van der Waals surface area contributed by atoms with Crippen LogP contribution in [0.4, 0.5) is 20.6 Å². The molecule has 0 aliphatic heterocycles. The van der Waals surface area contributed by atoms with Gasteiger partial charge in [0, 0.05) is 25.0 Å². The molecule has 0 unspecified atom stereocenters. The van der Waals surface area contributed by atoms with Crippen LogP contribution in [-0.2, 0) is 16.1 Å². The van der Waals surface area contributed by atoms with Crippen LogP contribution in [0.5, 0.6) is 0 Å². The molecule has 2 rings (SSSR count). The molecule has 0 spiro atoms. The minimum Gasteiger partial charge on any atom is -0.375 e. The number of hydrogen-bond donors (Lipinski definition) is 3. The molecule has 0 aliphatic carbocycles. The predicted molar refractivity (Wildman–Crippen MR) is 91.7 cm³/mol. The quantitative estimate of drug-likeness (QED) is 0.749. The van der Waals surface area contributed by atoms with E-state index in [-0.39, 0.29) is 24.7 Å². The Morgan fingerprint density at radius 1 is 1.16 bits per heavy atom. The molecule has 0 saturated heterocycles. The lowest BCUT2D eigenvalue weighted by Gasteiger charge is -2.10. The third kappa shape index (κ3) is 6.19. The van der Waals surface area contributed by atoms with Gasteiger partial charge in [0.1, 0.15) is 12.4 Å². The Kier molecular flexibility index (Phi) is 6.41. The van der Waals surface area contributed by atoms with Crippen LogP contribution in [0.1, 0.15) is 11.3 Å². The number of nitrogens with zero attached hydrogens (tertiary/aromatic N) is 1. The molecule has 25 heavy (non-hydrogen) atoms. The van der Waals surface area contributed by atoms with E-state index in [1.165, 1.54) is 25.4 Å². The molecule has 3 N–H and O–H groups in total. The Balaban J connectivity index is 1.97. The van der Waals surface area contributed by atoms with E-state index in [1.54, 1.807) is 18.2 Å². The standard InChI is InChI=1S/C17H19FN4O3/c1-11-3-4-14(9-19-11)21-17(24)22-15-6-12(5-13(18)7-15)8-20-16(23)10-25-2/h3-7,9H,8,10H2,1-2H3,(H,20,23)(H2,21,22,24). The van der Waals surface area contributed by atoms with Gasteiger partial charge in [0.2, 0.25) is 5.91 Å². The number of urea groups is 1. The summed E-state index contributed by atoms with van der Waals surface area (Å²) in [6.45, 7) is 1.88. The van der Waals surface area contributed by atoms with Gasteiger partial charge in [-0.25, -0.2) is 9.18 Å². The molecule has 3 amide bonds. The number of halogens is 1. The summed E-state index contributed by atoms with van der Waals surface area (Å²) in [7, 11) is 1.41. The second-order valence-corrected chi connectivity index (χ2v) is 5.33. The Bertz CT molecular complexity index is 750. The summed E-state index contributed by atoms with van der Waals surface area (Å²) in [5.41, 5.74) is 2.13. The first-order chi connectivity index (χ1) is 12.0. The van der Waals surface area contributed by atoms with Crippen LogP contribution in [0.2, 0.25) is 0 Å². The molecule has 1 aromatic heterocycles. The summed E-state index contributed by atoms with van der Waals surface area (Å²) in [5, 5.41) is 7.73. The second-order valence-electron chi connectivity index (χ2n) is 5.33. The third-order valence-electron chi connectivity index (χ3n) is 3.15. The van der Waals surface area contributed by atoms with Crippen LogP contribution in [-0.4, -0.2) is 30.6 Å². The Labute approximate surface area is 144 Å². The number of rotatable bonds is 6. The molecule has 8 heteroatoms. The SMILES string of the molecule is COCC(=O)NCc1cc(F)cc(NC(=O)Nc2ccc(C)nc2)c1. The van der Waals surface area contributed by atoms with Gasteiger partial charge in [0.25, 0.3) is 0 Å². The molecular formula is C17H19FN4O3. The molecule has 0 saturated carbocycles. The number of methoxy groups -OCH3 is 1. The van der Waals surface area contributed by atoms with Crippen LogP contribution in [0.3, 0.4) is 0 Å². The van der Waals surface area contributed by atoms with Crippen LogP contribution in [0.25, 0.3) is 0 Å². The number of ether oxygens (including phenoxy) is 1. The van der Waals surface area contributed by atoms with Crippen molar-refractivity contribution in [3.05, 3.63) is 53.6 Å². The van der Waals surface area contributed by atoms with Crippen LogP contribution in [0.15, 0.2) is 36.5 Å². The van der Waals surface area contributed by atoms with E-state index in [4.69, 9.17) is 4.74 Å². The van der Waals surface area contributed by atoms with Gasteiger partial charge in [-0.2, -0.15) is 0 Å². The van der Waals surface area contributed by atoms with Crippen molar-refractivity contribution in [2.45, 2.75) is 13.5 Å². The first-order valence-corrected chi connectivity index (χ1v) is 7.52. The fraction of sp³-hybridized carbons (Fsp3) is 0.235. The van der Waals surface area contributed by atoms with Gasteiger partial charge in [0.15, 0.2) is 0 Å². The minimum atomic E-state index is -0.523. The van der Waals surface area contributed by atoms with E-state index >= 15 is 0 Å². The molecule has 0 bridgehead atoms. The monoisotopic (exact) mass is 346 g/mol. The van der Waals surface area contributed by atoms with Crippen molar-refractivity contribution in [2.75, 3.05) is 24.4 Å². The average molecular weight is 346 g/mol. The first kappa shape index (κ1) is 18.3. The Morgan fingerprint density at radius 2 is 1.92 bits per heavy atom. The second kappa shape index (κ2) is 8.74. The molecule has 132 valence electrons. The number of hydrogen-bond acceptors (Lipinski definition) is 4. The normalized spacial score (nSPS) is 10.2. The number of aromatic nitrogens is 1. The van der Waals surface area contributed by atoms with E-state index in [1.807, 2.05) is 6.92 Å². The van der Waals surface area contributed by atoms with Crippen LogP contribution in [0, 0.1) is 12.7 Å². The topological polar surface area (TPSA) is 92.4 Å². The molecule has 2 aromatic rings. The van der Waals surface area contributed by atoms with E-state index in [9.17, 15) is 14.0 Å². The maximum Gasteiger partial charge on any atom is 0.323 e. The van der Waals surface area contributed by atoms with Gasteiger partial charge in [0.05, 0.1) is 11.9 Å². The molecule has 7 nitrogen and oxygen atoms in total. The highest BCUT2D eigenvalue weighted by molar-refractivity contribution is 5.99. The maximum atomic E-state index is 13.7. The smallest absolute Gasteiger partial charge is 0.323 e. The lowest BCUT2D eigenvalue weighted by Crippen LogP contribution is -2.26. The third-order valence-corrected chi connectivity index (χ3v) is 3.15. The summed E-state index contributed by atoms with van der Waals surface area (Å²) in [6.07, 6.45) is 1.53. The summed E-state index contributed by atoms with van der Waals surface area (Å²) < 4.78 is 18.4. The average Bonchev–Trinajstić information content (AvgIpc) is 2.55. The van der Waals surface area contributed by atoms with Gasteiger partial charge >= 0.3 is 6.03 Å². The predicted octanol–water partition coefficient (Wildman–Crippen LogP) is 2.44. The largest absolute Gasteiger partial charge is 0.375 e. The zero-order chi connectivity index (χ0) is 18.2. The molecule has 0 fully saturated rings. The van der Waals surface area contributed by atoms with E-state index in [0.29, 0.717) is 11.3 Å². The molecule has 0 radical (unpaired) electrons. The number of pyridine rings is 1. The van der Waals surface area contributed by atoms with Crippen molar-refractivity contribution in [1.29, 1.82) is 0 Å². The van der Waals surface area contributed by atoms with Crippen LogP contribution < -0.4 is 16.0 Å². The van der Waals surface area contributed by atoms with E-state index in [0.717, 1.165) is 5.69 Å². The number of carbonyl (C=O) groups is 2. The van der Waals surface area contributed by atoms with Gasteiger partial charge in [-0.05, 0) is 42.8 Å². The number of carbonyl (C=O) groups excluding carboxylic acids is 2. The lowest BCUT2D eigenvalue weighted by molar-refractivity contribution is -0.124. The van der Waals surface area contributed by atoms with Gasteiger partial charge < -0.3 is 20.7 Å². The van der Waals surface area contributed by atoms with Crippen LogP contribution >= 0.6 is 0 Å². The summed E-state index contributed by atoms with van der Waals surface area (Å²) in [6, 6.07) is 6.99. The molecule has 0 aliphatic rings. The van der Waals surface area contributed by atoms with E-state index < -0.39 is 11.8 Å². The van der Waals surface area contributed by atoms with E-state index in [2.05, 4.69) is 20.9 Å². The first-order valence-electron chi connectivity index (χ1n) is 7.52. The fourth-order valence-corrected chi connectivity index (χ4v) is 2.04. The van der Waals surface area contributed by atoms with Crippen molar-refractivity contribution in [2.24, 2.45) is 0 Å². The molecule has 0 atom stereocenters. The van der Waals surface area contributed by atoms with Gasteiger partial charge in [-0.15, -0.1) is 0 Å². The van der Waals surface area contributed by atoms with Gasteiger partial charge in [-0.3, -0.25) is 9.78 Å². The molecule has 1 heterocycles. The highest BCUT2D eigenvalue weighted by Gasteiger charge is 2.07. The fourth-order valence-electron chi connectivity index (χ4n) is 2.04. The summed E-state index contributed by atoms with van der Waals surface area (Å²) >= 11 is 0. The Hall–Kier alpha value is -3.00. The van der Waals surface area contributed by atoms with Crippen molar-refractivity contribution >= 4 is 23.3 Å². The number of amides is 3. The van der Waals surface area contributed by atoms with Crippen molar-refractivity contribution < 1.29 is 18.7 Å². The summed E-state index contributed by atoms with van der Waals surface area (Å²) in [4.78, 5) is 27.4. The number of benzene rings is 1. The van der Waals surface area contributed by atoms with Crippen molar-refractivity contribution in [3.8, 4) is 0 Å². The molecule has 1 aromatic carbocycles. The number of anilines is 2. The lowest BCUT2D eigenvalue weighted by atomic mass is 10.2. The zero-order valence-electron chi connectivity index (χ0n) is 13.9. The van der Waals surface area contributed by atoms with Crippen molar-refractivity contribution in [3.63, 3.8) is 0 Å². The number of aryl methyl sites for hydroxylation is 1. The highest BCUT2D eigenvalue weighted by atomic mass is 19.1. The highest BCUT2D eigenvalue weighted by Crippen LogP contribution is 2.15. The minimum absolute atomic E-state index is 0.0760. The van der Waals surface area contributed by atoms with Gasteiger partial charge in [-0.1, -0.05) is 0 Å². The maximum absolute atomic E-state index is 13.7.